The highest BCUT2D eigenvalue weighted by Crippen LogP contribution is 2.27. The van der Waals surface area contributed by atoms with E-state index in [1.165, 1.54) is 0 Å². The molecule has 1 aliphatic rings. The van der Waals surface area contributed by atoms with Crippen LogP contribution in [0.5, 0.6) is 0 Å². The topological polar surface area (TPSA) is 80.0 Å². The summed E-state index contributed by atoms with van der Waals surface area (Å²) >= 11 is 0. The van der Waals surface area contributed by atoms with Crippen molar-refractivity contribution in [3.8, 4) is 0 Å². The first-order chi connectivity index (χ1) is 10.6. The fourth-order valence-electron chi connectivity index (χ4n) is 2.90. The molecule has 0 aromatic carbocycles. The number of halogens is 1. The molecule has 0 radical (unpaired) electrons. The lowest BCUT2D eigenvalue weighted by atomic mass is 10.0. The third-order valence-corrected chi connectivity index (χ3v) is 4.07. The largest absolute Gasteiger partial charge is 0.349 e. The number of rotatable bonds is 3. The van der Waals surface area contributed by atoms with Crippen molar-refractivity contribution < 1.29 is 9.32 Å². The molecule has 0 saturated carbocycles. The van der Waals surface area contributed by atoms with Crippen molar-refractivity contribution in [2.45, 2.75) is 45.6 Å². The Bertz CT molecular complexity index is 693. The van der Waals surface area contributed by atoms with Gasteiger partial charge in [-0.05, 0) is 44.8 Å². The van der Waals surface area contributed by atoms with Crippen molar-refractivity contribution in [1.29, 1.82) is 0 Å². The monoisotopic (exact) mass is 338 g/mol. The van der Waals surface area contributed by atoms with E-state index in [4.69, 9.17) is 4.52 Å². The number of hydrogen-bond donors (Lipinski definition) is 2. The summed E-state index contributed by atoms with van der Waals surface area (Å²) in [6.07, 6.45) is 1.92. The maximum atomic E-state index is 12.7. The number of nitrogens with one attached hydrogen (secondary N) is 2. The zero-order chi connectivity index (χ0) is 15.7. The van der Waals surface area contributed by atoms with Crippen LogP contribution >= 0.6 is 12.4 Å². The number of carbonyl (C=O) groups excluding carboxylic acids is 1. The Kier molecular flexibility index (Phi) is 5.59. The summed E-state index contributed by atoms with van der Waals surface area (Å²) in [5, 5.41) is 11.3. The minimum Gasteiger partial charge on any atom is -0.349 e. The molecule has 23 heavy (non-hydrogen) atoms. The molecular weight excluding hydrogens is 316 g/mol. The van der Waals surface area contributed by atoms with E-state index < -0.39 is 0 Å². The van der Waals surface area contributed by atoms with Crippen molar-refractivity contribution >= 4 is 29.4 Å². The second kappa shape index (κ2) is 7.27. The molecule has 1 saturated heterocycles. The molecule has 1 aliphatic heterocycles. The van der Waals surface area contributed by atoms with Crippen molar-refractivity contribution in [2.24, 2.45) is 0 Å². The first-order valence-corrected chi connectivity index (χ1v) is 7.84. The quantitative estimate of drug-likeness (QED) is 0.899. The van der Waals surface area contributed by atoms with Gasteiger partial charge in [0.05, 0.1) is 16.6 Å². The second-order valence-electron chi connectivity index (χ2n) is 6.21. The third kappa shape index (κ3) is 3.64. The number of amides is 1. The molecule has 2 aromatic heterocycles. The molecular formula is C16H23ClN4O2. The van der Waals surface area contributed by atoms with E-state index in [1.54, 1.807) is 0 Å². The first-order valence-electron chi connectivity index (χ1n) is 7.84. The number of aromatic nitrogens is 2. The van der Waals surface area contributed by atoms with Crippen LogP contribution in [0.25, 0.3) is 11.1 Å². The number of nitrogens with zero attached hydrogens (tertiary/aromatic N) is 2. The fourth-order valence-corrected chi connectivity index (χ4v) is 2.90. The van der Waals surface area contributed by atoms with E-state index in [9.17, 15) is 4.79 Å². The highest BCUT2D eigenvalue weighted by Gasteiger charge is 2.23. The van der Waals surface area contributed by atoms with Crippen LogP contribution in [0, 0.1) is 6.92 Å². The van der Waals surface area contributed by atoms with Gasteiger partial charge in [0.2, 0.25) is 0 Å². The Morgan fingerprint density at radius 3 is 2.74 bits per heavy atom. The summed E-state index contributed by atoms with van der Waals surface area (Å²) in [5.41, 5.74) is 2.61. The van der Waals surface area contributed by atoms with Crippen LogP contribution in [0.15, 0.2) is 10.6 Å². The van der Waals surface area contributed by atoms with Gasteiger partial charge in [0.1, 0.15) is 0 Å². The molecule has 3 rings (SSSR count). The van der Waals surface area contributed by atoms with Gasteiger partial charge < -0.3 is 15.2 Å². The summed E-state index contributed by atoms with van der Waals surface area (Å²) in [4.78, 5) is 17.1. The van der Waals surface area contributed by atoms with Gasteiger partial charge in [-0.25, -0.2) is 4.98 Å². The molecule has 1 fully saturated rings. The summed E-state index contributed by atoms with van der Waals surface area (Å²) in [6, 6.07) is 2.04. The molecule has 0 atom stereocenters. The zero-order valence-electron chi connectivity index (χ0n) is 13.7. The van der Waals surface area contributed by atoms with E-state index in [0.29, 0.717) is 11.3 Å². The van der Waals surface area contributed by atoms with Crippen molar-refractivity contribution in [3.63, 3.8) is 0 Å². The number of carbonyl (C=O) groups is 1. The van der Waals surface area contributed by atoms with Gasteiger partial charge in [-0.15, -0.1) is 12.4 Å². The van der Waals surface area contributed by atoms with Gasteiger partial charge >= 0.3 is 0 Å². The predicted octanol–water partition coefficient (Wildman–Crippen LogP) is 2.56. The van der Waals surface area contributed by atoms with Gasteiger partial charge in [0.15, 0.2) is 0 Å². The maximum Gasteiger partial charge on any atom is 0.259 e. The lowest BCUT2D eigenvalue weighted by Gasteiger charge is -2.23. The number of piperidine rings is 1. The molecule has 2 aromatic rings. The van der Waals surface area contributed by atoms with Gasteiger partial charge in [0.25, 0.3) is 11.6 Å². The molecule has 3 heterocycles. The Labute approximate surface area is 141 Å². The molecule has 7 heteroatoms. The Morgan fingerprint density at radius 2 is 2.09 bits per heavy atom. The van der Waals surface area contributed by atoms with Crippen LogP contribution in [0.1, 0.15) is 54.4 Å². The molecule has 0 aliphatic carbocycles. The number of fused-ring (bicyclic) bond motifs is 1. The van der Waals surface area contributed by atoms with Crippen molar-refractivity contribution in [2.75, 3.05) is 13.1 Å². The summed E-state index contributed by atoms with van der Waals surface area (Å²) < 4.78 is 5.32. The average Bonchev–Trinajstić information content (AvgIpc) is 2.91. The predicted molar refractivity (Wildman–Crippen MR) is 91.2 cm³/mol. The minimum atomic E-state index is -0.0625. The zero-order valence-corrected chi connectivity index (χ0v) is 14.5. The SMILES string of the molecule is Cc1cc(C(=O)NC2CCNCC2)c2c(C(C)C)noc2n1.Cl. The van der Waals surface area contributed by atoms with Gasteiger partial charge in [0, 0.05) is 11.7 Å². The highest BCUT2D eigenvalue weighted by molar-refractivity contribution is 6.06. The normalized spacial score (nSPS) is 15.7. The highest BCUT2D eigenvalue weighted by atomic mass is 35.5. The van der Waals surface area contributed by atoms with Crippen molar-refractivity contribution in [1.82, 2.24) is 20.8 Å². The molecule has 0 unspecified atom stereocenters. The maximum absolute atomic E-state index is 12.7. The number of hydrogen-bond acceptors (Lipinski definition) is 5. The average molecular weight is 339 g/mol. The Morgan fingerprint density at radius 1 is 1.39 bits per heavy atom. The molecule has 1 amide bonds. The molecule has 0 spiro atoms. The van der Waals surface area contributed by atoms with Crippen LogP contribution in [0.2, 0.25) is 0 Å². The molecule has 6 nitrogen and oxygen atoms in total. The van der Waals surface area contributed by atoms with E-state index in [-0.39, 0.29) is 30.3 Å². The smallest absolute Gasteiger partial charge is 0.259 e. The lowest BCUT2D eigenvalue weighted by molar-refractivity contribution is 0.0931. The standard InChI is InChI=1S/C16H22N4O2.ClH/c1-9(2)14-13-12(8-10(3)18-16(13)22-20-14)15(21)19-11-4-6-17-7-5-11;/h8-9,11,17H,4-7H2,1-3H3,(H,19,21);1H. The summed E-state index contributed by atoms with van der Waals surface area (Å²) in [7, 11) is 0. The van der Waals surface area contributed by atoms with E-state index in [2.05, 4.69) is 20.8 Å². The van der Waals surface area contributed by atoms with Gasteiger partial charge in [-0.3, -0.25) is 4.79 Å². The Balaban J connectivity index is 0.00000192. The first kappa shape index (κ1) is 17.7. The van der Waals surface area contributed by atoms with E-state index in [1.807, 2.05) is 26.8 Å². The van der Waals surface area contributed by atoms with Crippen molar-refractivity contribution in [3.05, 3.63) is 23.0 Å². The summed E-state index contributed by atoms with van der Waals surface area (Å²) in [5.74, 6) is 0.115. The van der Waals surface area contributed by atoms with Gasteiger partial charge in [-0.2, -0.15) is 0 Å². The number of pyridine rings is 1. The van der Waals surface area contributed by atoms with Crippen LogP contribution in [-0.2, 0) is 0 Å². The third-order valence-electron chi connectivity index (χ3n) is 4.07. The summed E-state index contributed by atoms with van der Waals surface area (Å²) in [6.45, 7) is 7.82. The second-order valence-corrected chi connectivity index (χ2v) is 6.21. The number of aryl methyl sites for hydroxylation is 1. The van der Waals surface area contributed by atoms with Crippen LogP contribution in [0.4, 0.5) is 0 Å². The molecule has 2 N–H and O–H groups in total. The molecule has 126 valence electrons. The fraction of sp³-hybridized carbons (Fsp3) is 0.562. The van der Waals surface area contributed by atoms with E-state index in [0.717, 1.165) is 42.7 Å². The van der Waals surface area contributed by atoms with Crippen LogP contribution in [0.3, 0.4) is 0 Å². The Hall–Kier alpha value is -1.66. The minimum absolute atomic E-state index is 0. The lowest BCUT2D eigenvalue weighted by Crippen LogP contribution is -2.42. The van der Waals surface area contributed by atoms with E-state index >= 15 is 0 Å². The van der Waals surface area contributed by atoms with Crippen LogP contribution < -0.4 is 10.6 Å². The van der Waals surface area contributed by atoms with Crippen LogP contribution in [-0.4, -0.2) is 35.2 Å². The molecule has 0 bridgehead atoms. The van der Waals surface area contributed by atoms with Gasteiger partial charge in [-0.1, -0.05) is 19.0 Å².